The smallest absolute Gasteiger partial charge is 0.272 e. The molecule has 1 aliphatic carbocycles. The summed E-state index contributed by atoms with van der Waals surface area (Å²) in [6.45, 7) is 4.65. The van der Waals surface area contributed by atoms with Crippen LogP contribution in [0.15, 0.2) is 24.3 Å². The summed E-state index contributed by atoms with van der Waals surface area (Å²) in [4.78, 5) is 12.7. The normalized spacial score (nSPS) is 15.0. The van der Waals surface area contributed by atoms with Crippen LogP contribution in [0.2, 0.25) is 0 Å². The number of carbonyl (C=O) groups is 1. The Balaban J connectivity index is 1.84. The highest BCUT2D eigenvalue weighted by Crippen LogP contribution is 2.27. The molecule has 1 atom stereocenters. The predicted molar refractivity (Wildman–Crippen MR) is 99.9 cm³/mol. The van der Waals surface area contributed by atoms with Crippen LogP contribution in [-0.2, 0) is 12.8 Å². The van der Waals surface area contributed by atoms with E-state index in [-0.39, 0.29) is 17.8 Å². The van der Waals surface area contributed by atoms with Crippen LogP contribution in [0.3, 0.4) is 0 Å². The van der Waals surface area contributed by atoms with E-state index in [1.54, 1.807) is 10.7 Å². The van der Waals surface area contributed by atoms with Crippen LogP contribution in [0.1, 0.15) is 54.9 Å². The lowest BCUT2D eigenvalue weighted by atomic mass is 9.95. The van der Waals surface area contributed by atoms with Gasteiger partial charge in [-0.25, -0.2) is 9.07 Å². The lowest BCUT2D eigenvalue weighted by molar-refractivity contribution is 0.0943. The van der Waals surface area contributed by atoms with E-state index in [2.05, 4.69) is 24.3 Å². The van der Waals surface area contributed by atoms with E-state index < -0.39 is 0 Å². The maximum absolute atomic E-state index is 13.6. The molecule has 0 radical (unpaired) electrons. The summed E-state index contributed by atoms with van der Waals surface area (Å²) in [6.07, 6.45) is 4.61. The molecule has 0 fully saturated rings. The molecule has 5 nitrogen and oxygen atoms in total. The molecule has 1 heterocycles. The van der Waals surface area contributed by atoms with Gasteiger partial charge in [0.2, 0.25) is 0 Å². The van der Waals surface area contributed by atoms with E-state index in [9.17, 15) is 9.18 Å². The monoisotopic (exact) mass is 358 g/mol. The van der Waals surface area contributed by atoms with Gasteiger partial charge < -0.3 is 11.1 Å². The van der Waals surface area contributed by atoms with Crippen LogP contribution < -0.4 is 11.1 Å². The minimum absolute atomic E-state index is 0.0694. The molecule has 1 aliphatic rings. The number of halogens is 1. The number of nitrogens with one attached hydrogen (secondary N) is 1. The number of hydrogen-bond acceptors (Lipinski definition) is 3. The summed E-state index contributed by atoms with van der Waals surface area (Å²) in [5, 5.41) is 7.46. The van der Waals surface area contributed by atoms with E-state index >= 15 is 0 Å². The number of hydrogen-bond donors (Lipinski definition) is 2. The summed E-state index contributed by atoms with van der Waals surface area (Å²) in [5.41, 5.74) is 9.16. The standard InChI is InChI=1S/C20H27FN4O/c1-13(2)10-15(22)12-23-20(26)19-17-8-3-4-9-18(17)25(24-19)16-7-5-6-14(21)11-16/h5-7,11,13,15H,3-4,8-10,12,22H2,1-2H3,(H,23,26)/t15-/m0/s1. The highest BCUT2D eigenvalue weighted by molar-refractivity contribution is 5.94. The third-order valence-corrected chi connectivity index (χ3v) is 4.75. The van der Waals surface area contributed by atoms with Crippen molar-refractivity contribution in [2.75, 3.05) is 6.54 Å². The zero-order valence-electron chi connectivity index (χ0n) is 15.5. The van der Waals surface area contributed by atoms with Gasteiger partial charge in [0.15, 0.2) is 5.69 Å². The Labute approximate surface area is 153 Å². The molecule has 0 aliphatic heterocycles. The minimum atomic E-state index is -0.312. The SMILES string of the molecule is CC(C)C[C@H](N)CNC(=O)c1nn(-c2cccc(F)c2)c2c1CCCC2. The van der Waals surface area contributed by atoms with Gasteiger partial charge in [-0.3, -0.25) is 4.79 Å². The van der Waals surface area contributed by atoms with E-state index in [1.165, 1.54) is 12.1 Å². The van der Waals surface area contributed by atoms with Crippen molar-refractivity contribution in [1.29, 1.82) is 0 Å². The maximum Gasteiger partial charge on any atom is 0.272 e. The van der Waals surface area contributed by atoms with Crippen molar-refractivity contribution in [1.82, 2.24) is 15.1 Å². The molecule has 3 rings (SSSR count). The summed E-state index contributed by atoms with van der Waals surface area (Å²) in [7, 11) is 0. The molecule has 0 unspecified atom stereocenters. The quantitative estimate of drug-likeness (QED) is 0.834. The number of rotatable bonds is 6. The van der Waals surface area contributed by atoms with Gasteiger partial charge in [0.25, 0.3) is 5.91 Å². The number of benzene rings is 1. The van der Waals surface area contributed by atoms with Crippen LogP contribution in [-0.4, -0.2) is 28.3 Å². The van der Waals surface area contributed by atoms with Gasteiger partial charge in [-0.15, -0.1) is 0 Å². The first kappa shape index (κ1) is 18.6. The molecule has 0 saturated carbocycles. The fourth-order valence-corrected chi connectivity index (χ4v) is 3.60. The third-order valence-electron chi connectivity index (χ3n) is 4.75. The fraction of sp³-hybridized carbons (Fsp3) is 0.500. The highest BCUT2D eigenvalue weighted by atomic mass is 19.1. The van der Waals surface area contributed by atoms with Gasteiger partial charge in [-0.1, -0.05) is 19.9 Å². The number of fused-ring (bicyclic) bond motifs is 1. The molecule has 140 valence electrons. The zero-order valence-corrected chi connectivity index (χ0v) is 15.5. The number of nitrogens with two attached hydrogens (primary N) is 1. The van der Waals surface area contributed by atoms with E-state index in [0.717, 1.165) is 43.4 Å². The number of carbonyl (C=O) groups excluding carboxylic acids is 1. The average Bonchev–Trinajstić information content (AvgIpc) is 2.99. The van der Waals surface area contributed by atoms with Gasteiger partial charge >= 0.3 is 0 Å². The van der Waals surface area contributed by atoms with Gasteiger partial charge in [0, 0.05) is 23.8 Å². The Bertz CT molecular complexity index is 784. The molecule has 0 saturated heterocycles. The molecule has 26 heavy (non-hydrogen) atoms. The Kier molecular flexibility index (Phi) is 5.71. The van der Waals surface area contributed by atoms with E-state index in [1.807, 2.05) is 6.07 Å². The third kappa shape index (κ3) is 4.12. The van der Waals surface area contributed by atoms with Gasteiger partial charge in [-0.05, 0) is 56.2 Å². The molecule has 1 aromatic carbocycles. The Morgan fingerprint density at radius 3 is 2.85 bits per heavy atom. The number of amides is 1. The maximum atomic E-state index is 13.6. The average molecular weight is 358 g/mol. The van der Waals surface area contributed by atoms with Crippen molar-refractivity contribution in [3.63, 3.8) is 0 Å². The van der Waals surface area contributed by atoms with Crippen molar-refractivity contribution < 1.29 is 9.18 Å². The molecule has 1 amide bonds. The van der Waals surface area contributed by atoms with Crippen LogP contribution >= 0.6 is 0 Å². The van der Waals surface area contributed by atoms with Crippen LogP contribution in [0.4, 0.5) is 4.39 Å². The van der Waals surface area contributed by atoms with Crippen molar-refractivity contribution in [2.24, 2.45) is 11.7 Å². The Morgan fingerprint density at radius 1 is 1.35 bits per heavy atom. The van der Waals surface area contributed by atoms with E-state index in [0.29, 0.717) is 23.8 Å². The Hall–Kier alpha value is -2.21. The molecule has 6 heteroatoms. The first-order valence-electron chi connectivity index (χ1n) is 9.36. The van der Waals surface area contributed by atoms with Gasteiger partial charge in [0.05, 0.1) is 5.69 Å². The second-order valence-electron chi connectivity index (χ2n) is 7.47. The summed E-state index contributed by atoms with van der Waals surface area (Å²) in [5.74, 6) is -0.0208. The molecule has 0 spiro atoms. The first-order valence-corrected chi connectivity index (χ1v) is 9.36. The molecular weight excluding hydrogens is 331 g/mol. The molecule has 1 aromatic heterocycles. The summed E-state index contributed by atoms with van der Waals surface area (Å²) in [6, 6.07) is 6.25. The van der Waals surface area contributed by atoms with Crippen molar-refractivity contribution >= 4 is 5.91 Å². The topological polar surface area (TPSA) is 72.9 Å². The molecular formula is C20H27FN4O. The molecule has 2 aromatic rings. The second kappa shape index (κ2) is 7.99. The van der Waals surface area contributed by atoms with Crippen molar-refractivity contribution in [3.8, 4) is 5.69 Å². The van der Waals surface area contributed by atoms with Crippen LogP contribution in [0.5, 0.6) is 0 Å². The minimum Gasteiger partial charge on any atom is -0.349 e. The van der Waals surface area contributed by atoms with Crippen LogP contribution in [0, 0.1) is 11.7 Å². The lowest BCUT2D eigenvalue weighted by Crippen LogP contribution is -2.38. The summed E-state index contributed by atoms with van der Waals surface area (Å²) < 4.78 is 15.4. The van der Waals surface area contributed by atoms with Gasteiger partial charge in [-0.2, -0.15) is 5.10 Å². The largest absolute Gasteiger partial charge is 0.349 e. The first-order chi connectivity index (χ1) is 12.5. The predicted octanol–water partition coefficient (Wildman–Crippen LogP) is 2.99. The second-order valence-corrected chi connectivity index (χ2v) is 7.47. The van der Waals surface area contributed by atoms with Crippen LogP contribution in [0.25, 0.3) is 5.69 Å². The van der Waals surface area contributed by atoms with E-state index in [4.69, 9.17) is 5.73 Å². The lowest BCUT2D eigenvalue weighted by Gasteiger charge is -2.15. The summed E-state index contributed by atoms with van der Waals surface area (Å²) >= 11 is 0. The van der Waals surface area contributed by atoms with Gasteiger partial charge in [0.1, 0.15) is 5.82 Å². The van der Waals surface area contributed by atoms with Crippen molar-refractivity contribution in [2.45, 2.75) is 52.0 Å². The number of aromatic nitrogens is 2. The highest BCUT2D eigenvalue weighted by Gasteiger charge is 2.25. The van der Waals surface area contributed by atoms with Crippen molar-refractivity contribution in [3.05, 3.63) is 47.0 Å². The molecule has 3 N–H and O–H groups in total. The molecule has 0 bridgehead atoms. The number of nitrogens with zero attached hydrogens (tertiary/aromatic N) is 2. The Morgan fingerprint density at radius 2 is 2.12 bits per heavy atom. The zero-order chi connectivity index (χ0) is 18.7. The fourth-order valence-electron chi connectivity index (χ4n) is 3.60.